The Bertz CT molecular complexity index is 905. The maximum Gasteiger partial charge on any atom is 0.255 e. The van der Waals surface area contributed by atoms with E-state index in [1.807, 2.05) is 61.0 Å². The Labute approximate surface area is 158 Å². The number of rotatable bonds is 6. The van der Waals surface area contributed by atoms with Crippen LogP contribution in [0.2, 0.25) is 5.02 Å². The number of hydrogen-bond acceptors (Lipinski definition) is 3. The van der Waals surface area contributed by atoms with Crippen molar-refractivity contribution >= 4 is 17.5 Å². The normalized spacial score (nSPS) is 10.7. The molecule has 0 bridgehead atoms. The van der Waals surface area contributed by atoms with Gasteiger partial charge in [-0.2, -0.15) is 5.10 Å². The van der Waals surface area contributed by atoms with Gasteiger partial charge in [-0.1, -0.05) is 35.9 Å². The minimum absolute atomic E-state index is 0.110. The van der Waals surface area contributed by atoms with Crippen LogP contribution in [0.15, 0.2) is 48.7 Å². The lowest BCUT2D eigenvalue weighted by atomic mass is 10.1. The van der Waals surface area contributed by atoms with Crippen LogP contribution in [-0.4, -0.2) is 27.2 Å². The minimum Gasteiger partial charge on any atom is -0.352 e. The summed E-state index contributed by atoms with van der Waals surface area (Å²) in [7, 11) is 0. The monoisotopic (exact) mass is 368 g/mol. The predicted octanol–water partition coefficient (Wildman–Crippen LogP) is 3.57. The van der Waals surface area contributed by atoms with E-state index >= 15 is 0 Å². The fourth-order valence-electron chi connectivity index (χ4n) is 2.91. The van der Waals surface area contributed by atoms with E-state index < -0.39 is 0 Å². The number of pyridine rings is 1. The predicted molar refractivity (Wildman–Crippen MR) is 103 cm³/mol. The van der Waals surface area contributed by atoms with Crippen LogP contribution in [0.25, 0.3) is 0 Å². The van der Waals surface area contributed by atoms with Gasteiger partial charge in [0.05, 0.1) is 17.8 Å². The van der Waals surface area contributed by atoms with Crippen LogP contribution in [0.4, 0.5) is 0 Å². The van der Waals surface area contributed by atoms with Crippen molar-refractivity contribution in [1.82, 2.24) is 20.1 Å². The van der Waals surface area contributed by atoms with Crippen molar-refractivity contribution < 1.29 is 4.79 Å². The van der Waals surface area contributed by atoms with Gasteiger partial charge in [0.2, 0.25) is 0 Å². The second-order valence-corrected chi connectivity index (χ2v) is 6.53. The topological polar surface area (TPSA) is 59.8 Å². The molecule has 0 aliphatic heterocycles. The molecule has 0 spiro atoms. The van der Waals surface area contributed by atoms with Gasteiger partial charge in [-0.25, -0.2) is 0 Å². The summed E-state index contributed by atoms with van der Waals surface area (Å²) in [4.78, 5) is 16.9. The number of nitrogens with one attached hydrogen (secondary N) is 1. The smallest absolute Gasteiger partial charge is 0.255 e. The first-order chi connectivity index (χ1) is 12.6. The summed E-state index contributed by atoms with van der Waals surface area (Å²) in [5, 5.41) is 8.17. The molecule has 1 amide bonds. The molecule has 0 saturated heterocycles. The number of hydrogen-bond donors (Lipinski definition) is 1. The molecule has 0 aliphatic carbocycles. The van der Waals surface area contributed by atoms with Crippen molar-refractivity contribution in [2.45, 2.75) is 26.8 Å². The first-order valence-corrected chi connectivity index (χ1v) is 8.89. The van der Waals surface area contributed by atoms with Crippen molar-refractivity contribution in [3.8, 4) is 0 Å². The lowest BCUT2D eigenvalue weighted by Crippen LogP contribution is -2.27. The van der Waals surface area contributed by atoms with E-state index in [0.717, 1.165) is 17.0 Å². The largest absolute Gasteiger partial charge is 0.352 e. The number of amides is 1. The number of aryl methyl sites for hydroxylation is 1. The summed E-state index contributed by atoms with van der Waals surface area (Å²) >= 11 is 6.24. The zero-order valence-corrected chi connectivity index (χ0v) is 15.6. The molecular weight excluding hydrogens is 348 g/mol. The highest BCUT2D eigenvalue weighted by Crippen LogP contribution is 2.19. The quantitative estimate of drug-likeness (QED) is 0.723. The van der Waals surface area contributed by atoms with E-state index in [-0.39, 0.29) is 5.91 Å². The lowest BCUT2D eigenvalue weighted by Gasteiger charge is -2.08. The number of nitrogens with zero attached hydrogens (tertiary/aromatic N) is 3. The van der Waals surface area contributed by atoms with Crippen LogP contribution in [-0.2, 0) is 13.0 Å². The van der Waals surface area contributed by atoms with Crippen LogP contribution in [0.5, 0.6) is 0 Å². The highest BCUT2D eigenvalue weighted by molar-refractivity contribution is 6.31. The first kappa shape index (κ1) is 18.1. The molecule has 0 unspecified atom stereocenters. The standard InChI is InChI=1S/C20H21ClN4O/c1-14-19(20(26)23-12-10-17-8-5-6-11-22-17)15(2)25(24-14)13-16-7-3-4-9-18(16)21/h3-9,11H,10,12-13H2,1-2H3,(H,23,26). The molecule has 3 rings (SSSR count). The summed E-state index contributed by atoms with van der Waals surface area (Å²) in [5.74, 6) is -0.110. The molecule has 5 nitrogen and oxygen atoms in total. The third kappa shape index (κ3) is 4.11. The molecule has 0 saturated carbocycles. The SMILES string of the molecule is Cc1nn(Cc2ccccc2Cl)c(C)c1C(=O)NCCc1ccccn1. The lowest BCUT2D eigenvalue weighted by molar-refractivity contribution is 0.0952. The van der Waals surface area contributed by atoms with Crippen LogP contribution >= 0.6 is 11.6 Å². The van der Waals surface area contributed by atoms with Gasteiger partial charge >= 0.3 is 0 Å². The highest BCUT2D eigenvalue weighted by atomic mass is 35.5. The second kappa shape index (κ2) is 8.15. The molecule has 2 aromatic heterocycles. The average Bonchev–Trinajstić information content (AvgIpc) is 2.91. The van der Waals surface area contributed by atoms with Crippen LogP contribution in [0.3, 0.4) is 0 Å². The summed E-state index contributed by atoms with van der Waals surface area (Å²) in [6.45, 7) is 4.83. The van der Waals surface area contributed by atoms with Gasteiger partial charge < -0.3 is 5.32 Å². The fraction of sp³-hybridized carbons (Fsp3) is 0.250. The van der Waals surface area contributed by atoms with Crippen molar-refractivity contribution in [3.05, 3.63) is 81.9 Å². The van der Waals surface area contributed by atoms with Gasteiger partial charge in [-0.05, 0) is 37.6 Å². The second-order valence-electron chi connectivity index (χ2n) is 6.12. The molecule has 2 heterocycles. The van der Waals surface area contributed by atoms with Crippen LogP contribution < -0.4 is 5.32 Å². The fourth-order valence-corrected chi connectivity index (χ4v) is 3.10. The molecule has 0 atom stereocenters. The first-order valence-electron chi connectivity index (χ1n) is 8.52. The van der Waals surface area contributed by atoms with E-state index in [2.05, 4.69) is 15.4 Å². The zero-order valence-electron chi connectivity index (χ0n) is 14.9. The molecule has 3 aromatic rings. The minimum atomic E-state index is -0.110. The maximum atomic E-state index is 12.6. The maximum absolute atomic E-state index is 12.6. The van der Waals surface area contributed by atoms with E-state index in [0.29, 0.717) is 35.8 Å². The van der Waals surface area contributed by atoms with Crippen molar-refractivity contribution in [3.63, 3.8) is 0 Å². The van der Waals surface area contributed by atoms with Gasteiger partial charge in [-0.3, -0.25) is 14.5 Å². The van der Waals surface area contributed by atoms with Crippen molar-refractivity contribution in [2.75, 3.05) is 6.54 Å². The van der Waals surface area contributed by atoms with Gasteiger partial charge in [0, 0.05) is 35.6 Å². The molecule has 26 heavy (non-hydrogen) atoms. The Balaban J connectivity index is 1.69. The van der Waals surface area contributed by atoms with Crippen LogP contribution in [0, 0.1) is 13.8 Å². The Morgan fingerprint density at radius 3 is 2.65 bits per heavy atom. The van der Waals surface area contributed by atoms with Crippen LogP contribution in [0.1, 0.15) is 33.0 Å². The van der Waals surface area contributed by atoms with Gasteiger partial charge in [0.1, 0.15) is 0 Å². The number of halogens is 1. The number of carbonyl (C=O) groups excluding carboxylic acids is 1. The number of carbonyl (C=O) groups is 1. The van der Waals surface area contributed by atoms with E-state index in [4.69, 9.17) is 11.6 Å². The molecule has 1 aromatic carbocycles. The Kier molecular flexibility index (Phi) is 5.68. The van der Waals surface area contributed by atoms with Crippen molar-refractivity contribution in [1.29, 1.82) is 0 Å². The van der Waals surface area contributed by atoms with E-state index in [1.165, 1.54) is 0 Å². The molecule has 0 radical (unpaired) electrons. The van der Waals surface area contributed by atoms with Crippen molar-refractivity contribution in [2.24, 2.45) is 0 Å². The molecule has 0 aliphatic rings. The van der Waals surface area contributed by atoms with E-state index in [1.54, 1.807) is 6.20 Å². The highest BCUT2D eigenvalue weighted by Gasteiger charge is 2.18. The third-order valence-corrected chi connectivity index (χ3v) is 4.65. The molecule has 6 heteroatoms. The number of aromatic nitrogens is 3. The Morgan fingerprint density at radius 2 is 1.92 bits per heavy atom. The third-order valence-electron chi connectivity index (χ3n) is 4.28. The summed E-state index contributed by atoms with van der Waals surface area (Å²) in [5.41, 5.74) is 4.10. The van der Waals surface area contributed by atoms with Gasteiger partial charge in [0.15, 0.2) is 0 Å². The summed E-state index contributed by atoms with van der Waals surface area (Å²) < 4.78 is 1.82. The summed E-state index contributed by atoms with van der Waals surface area (Å²) in [6, 6.07) is 13.4. The van der Waals surface area contributed by atoms with Gasteiger partial charge in [-0.15, -0.1) is 0 Å². The summed E-state index contributed by atoms with van der Waals surface area (Å²) in [6.07, 6.45) is 2.45. The van der Waals surface area contributed by atoms with E-state index in [9.17, 15) is 4.79 Å². The van der Waals surface area contributed by atoms with Gasteiger partial charge in [0.25, 0.3) is 5.91 Å². The molecule has 1 N–H and O–H groups in total. The Hall–Kier alpha value is -2.66. The number of benzene rings is 1. The Morgan fingerprint density at radius 1 is 1.15 bits per heavy atom. The average molecular weight is 369 g/mol. The molecular formula is C20H21ClN4O. The molecule has 134 valence electrons. The zero-order chi connectivity index (χ0) is 18.5. The molecule has 0 fully saturated rings.